The number of aromatic nitrogens is 2. The minimum Gasteiger partial charge on any atom is -0.338 e. The van der Waals surface area contributed by atoms with Gasteiger partial charge in [-0.2, -0.15) is 16.7 Å². The third-order valence-corrected chi connectivity index (χ3v) is 4.85. The number of halogens is 1. The molecular weight excluding hydrogens is 326 g/mol. The average Bonchev–Trinajstić information content (AvgIpc) is 2.91. The van der Waals surface area contributed by atoms with E-state index < -0.39 is 0 Å². The van der Waals surface area contributed by atoms with E-state index in [1.807, 2.05) is 30.0 Å². The molecule has 100 valence electrons. The van der Waals surface area contributed by atoms with Gasteiger partial charge in [0.15, 0.2) is 5.82 Å². The minimum atomic E-state index is 0.194. The van der Waals surface area contributed by atoms with Crippen molar-refractivity contribution in [3.05, 3.63) is 46.0 Å². The molecule has 0 radical (unpaired) electrons. The van der Waals surface area contributed by atoms with Gasteiger partial charge in [0, 0.05) is 28.9 Å². The summed E-state index contributed by atoms with van der Waals surface area (Å²) in [5, 5.41) is 7.47. The Balaban J connectivity index is 1.73. The molecule has 1 aliphatic heterocycles. The maximum Gasteiger partial charge on any atom is 0.244 e. The van der Waals surface area contributed by atoms with E-state index in [0.29, 0.717) is 12.3 Å². The molecule has 0 amide bonds. The van der Waals surface area contributed by atoms with Gasteiger partial charge in [-0.1, -0.05) is 39.3 Å². The molecule has 1 saturated heterocycles. The Morgan fingerprint density at radius 3 is 3.11 bits per heavy atom. The van der Waals surface area contributed by atoms with Crippen LogP contribution >= 0.6 is 27.7 Å². The van der Waals surface area contributed by atoms with Gasteiger partial charge < -0.3 is 9.84 Å². The molecule has 0 bridgehead atoms. The Hall–Kier alpha value is -0.850. The van der Waals surface area contributed by atoms with Crippen molar-refractivity contribution >= 4 is 27.7 Å². The Labute approximate surface area is 124 Å². The van der Waals surface area contributed by atoms with Crippen LogP contribution in [0.2, 0.25) is 0 Å². The van der Waals surface area contributed by atoms with Gasteiger partial charge in [0.1, 0.15) is 0 Å². The quantitative estimate of drug-likeness (QED) is 0.931. The summed E-state index contributed by atoms with van der Waals surface area (Å²) in [5.74, 6) is 3.58. The molecule has 6 heteroatoms. The van der Waals surface area contributed by atoms with Crippen LogP contribution in [0.4, 0.5) is 0 Å². The first kappa shape index (κ1) is 13.1. The number of thioether (sulfide) groups is 1. The Morgan fingerprint density at radius 1 is 1.42 bits per heavy atom. The van der Waals surface area contributed by atoms with Crippen LogP contribution in [0.25, 0.3) is 0 Å². The SMILES string of the molecule is Brc1ccccc1Cc1noc(C2CSCCN2)n1. The maximum absolute atomic E-state index is 5.36. The lowest BCUT2D eigenvalue weighted by Crippen LogP contribution is -2.30. The van der Waals surface area contributed by atoms with E-state index in [1.54, 1.807) is 0 Å². The number of hydrogen-bond donors (Lipinski definition) is 1. The van der Waals surface area contributed by atoms with E-state index in [1.165, 1.54) is 5.56 Å². The van der Waals surface area contributed by atoms with Crippen LogP contribution in [-0.2, 0) is 6.42 Å². The van der Waals surface area contributed by atoms with E-state index in [9.17, 15) is 0 Å². The summed E-state index contributed by atoms with van der Waals surface area (Å²) in [6.07, 6.45) is 0.685. The summed E-state index contributed by atoms with van der Waals surface area (Å²) in [5.41, 5.74) is 1.17. The van der Waals surface area contributed by atoms with E-state index in [2.05, 4.69) is 37.5 Å². The predicted molar refractivity (Wildman–Crippen MR) is 79.3 cm³/mol. The average molecular weight is 340 g/mol. The van der Waals surface area contributed by atoms with Crippen molar-refractivity contribution in [1.29, 1.82) is 0 Å². The monoisotopic (exact) mass is 339 g/mol. The predicted octanol–water partition coefficient (Wildman–Crippen LogP) is 2.80. The molecule has 1 aliphatic rings. The second-order valence-corrected chi connectivity index (χ2v) is 6.40. The van der Waals surface area contributed by atoms with E-state index in [4.69, 9.17) is 4.52 Å². The van der Waals surface area contributed by atoms with E-state index in [-0.39, 0.29) is 6.04 Å². The maximum atomic E-state index is 5.36. The summed E-state index contributed by atoms with van der Waals surface area (Å²) in [4.78, 5) is 4.50. The molecule has 0 saturated carbocycles. The zero-order chi connectivity index (χ0) is 13.1. The van der Waals surface area contributed by atoms with Crippen LogP contribution < -0.4 is 5.32 Å². The molecule has 4 nitrogen and oxygen atoms in total. The highest BCUT2D eigenvalue weighted by molar-refractivity contribution is 9.10. The topological polar surface area (TPSA) is 51.0 Å². The van der Waals surface area contributed by atoms with E-state index in [0.717, 1.165) is 28.3 Å². The van der Waals surface area contributed by atoms with Crippen LogP contribution in [0.1, 0.15) is 23.3 Å². The summed E-state index contributed by atoms with van der Waals surface area (Å²) < 4.78 is 6.44. The fraction of sp³-hybridized carbons (Fsp3) is 0.385. The van der Waals surface area contributed by atoms with E-state index >= 15 is 0 Å². The van der Waals surface area contributed by atoms with Gasteiger partial charge in [0.05, 0.1) is 6.04 Å². The van der Waals surface area contributed by atoms with Crippen LogP contribution in [-0.4, -0.2) is 28.2 Å². The van der Waals surface area contributed by atoms with Gasteiger partial charge in [0.25, 0.3) is 0 Å². The van der Waals surface area contributed by atoms with Crippen molar-refractivity contribution in [3.63, 3.8) is 0 Å². The highest BCUT2D eigenvalue weighted by Gasteiger charge is 2.21. The first-order valence-electron chi connectivity index (χ1n) is 6.20. The Bertz CT molecular complexity index is 554. The lowest BCUT2D eigenvalue weighted by molar-refractivity contribution is 0.339. The zero-order valence-electron chi connectivity index (χ0n) is 10.3. The van der Waals surface area contributed by atoms with Crippen molar-refractivity contribution in [1.82, 2.24) is 15.5 Å². The molecule has 2 heterocycles. The van der Waals surface area contributed by atoms with Gasteiger partial charge in [-0.05, 0) is 11.6 Å². The van der Waals surface area contributed by atoms with Gasteiger partial charge in [-0.15, -0.1) is 0 Å². The lowest BCUT2D eigenvalue weighted by Gasteiger charge is -2.19. The van der Waals surface area contributed by atoms with Crippen molar-refractivity contribution in [3.8, 4) is 0 Å². The third-order valence-electron chi connectivity index (χ3n) is 3.01. The molecule has 1 aromatic heterocycles. The molecule has 1 aromatic carbocycles. The molecule has 0 aliphatic carbocycles. The summed E-state index contributed by atoms with van der Waals surface area (Å²) >= 11 is 5.45. The van der Waals surface area contributed by atoms with Gasteiger partial charge in [0.2, 0.25) is 5.89 Å². The standard InChI is InChI=1S/C13H14BrN3OS/c14-10-4-2-1-3-9(10)7-12-16-13(18-17-12)11-8-19-6-5-15-11/h1-4,11,15H,5-8H2. The fourth-order valence-corrected chi connectivity index (χ4v) is 3.37. The normalized spacial score (nSPS) is 19.5. The molecule has 1 fully saturated rings. The first-order chi connectivity index (χ1) is 9.33. The molecule has 1 atom stereocenters. The second kappa shape index (κ2) is 6.07. The summed E-state index contributed by atoms with van der Waals surface area (Å²) in [7, 11) is 0. The number of hydrogen-bond acceptors (Lipinski definition) is 5. The zero-order valence-corrected chi connectivity index (χ0v) is 12.7. The first-order valence-corrected chi connectivity index (χ1v) is 8.15. The highest BCUT2D eigenvalue weighted by atomic mass is 79.9. The number of nitrogens with one attached hydrogen (secondary N) is 1. The van der Waals surface area contributed by atoms with Gasteiger partial charge in [-0.3, -0.25) is 0 Å². The lowest BCUT2D eigenvalue weighted by atomic mass is 10.1. The van der Waals surface area contributed by atoms with Crippen molar-refractivity contribution in [2.75, 3.05) is 18.1 Å². The van der Waals surface area contributed by atoms with Gasteiger partial charge in [-0.25, -0.2) is 0 Å². The van der Waals surface area contributed by atoms with Crippen LogP contribution in [0.5, 0.6) is 0 Å². The highest BCUT2D eigenvalue weighted by Crippen LogP contribution is 2.22. The van der Waals surface area contributed by atoms with Crippen molar-refractivity contribution < 1.29 is 4.52 Å². The van der Waals surface area contributed by atoms with Crippen molar-refractivity contribution in [2.45, 2.75) is 12.5 Å². The van der Waals surface area contributed by atoms with Crippen LogP contribution in [0, 0.1) is 0 Å². The Kier molecular flexibility index (Phi) is 4.20. The molecule has 3 rings (SSSR count). The molecule has 2 aromatic rings. The third kappa shape index (κ3) is 3.19. The van der Waals surface area contributed by atoms with Crippen molar-refractivity contribution in [2.24, 2.45) is 0 Å². The second-order valence-electron chi connectivity index (χ2n) is 4.40. The molecule has 19 heavy (non-hydrogen) atoms. The smallest absolute Gasteiger partial charge is 0.244 e. The number of nitrogens with zero attached hydrogens (tertiary/aromatic N) is 2. The minimum absolute atomic E-state index is 0.194. The molecule has 1 unspecified atom stereocenters. The summed E-state index contributed by atoms with van der Waals surface area (Å²) in [6, 6.07) is 8.29. The number of rotatable bonds is 3. The summed E-state index contributed by atoms with van der Waals surface area (Å²) in [6.45, 7) is 0.997. The van der Waals surface area contributed by atoms with Crippen LogP contribution in [0.3, 0.4) is 0 Å². The van der Waals surface area contributed by atoms with Gasteiger partial charge >= 0.3 is 0 Å². The molecule has 1 N–H and O–H groups in total. The number of benzene rings is 1. The molecule has 0 spiro atoms. The largest absolute Gasteiger partial charge is 0.338 e. The fourth-order valence-electron chi connectivity index (χ4n) is 2.02. The molecular formula is C13H14BrN3OS. The van der Waals surface area contributed by atoms with Crippen LogP contribution in [0.15, 0.2) is 33.3 Å². The Morgan fingerprint density at radius 2 is 2.32 bits per heavy atom.